The molecule has 2 rings (SSSR count). The van der Waals surface area contributed by atoms with E-state index in [1.54, 1.807) is 6.07 Å². The van der Waals surface area contributed by atoms with Crippen LogP contribution in [0.5, 0.6) is 0 Å². The van der Waals surface area contributed by atoms with Gasteiger partial charge in [0.2, 0.25) is 0 Å². The van der Waals surface area contributed by atoms with Crippen LogP contribution in [0.3, 0.4) is 0 Å². The second kappa shape index (κ2) is 5.17. The molecule has 0 saturated heterocycles. The van der Waals surface area contributed by atoms with Gasteiger partial charge in [-0.15, -0.1) is 0 Å². The van der Waals surface area contributed by atoms with Crippen molar-refractivity contribution in [2.24, 2.45) is 5.92 Å². The maximum atomic E-state index is 10.7. The van der Waals surface area contributed by atoms with Crippen LogP contribution < -0.4 is 0 Å². The lowest BCUT2D eigenvalue weighted by Crippen LogP contribution is -2.35. The first-order chi connectivity index (χ1) is 8.05. The summed E-state index contributed by atoms with van der Waals surface area (Å²) in [6.45, 7) is 2.14. The van der Waals surface area contributed by atoms with Gasteiger partial charge < -0.3 is 5.11 Å². The van der Waals surface area contributed by atoms with E-state index in [9.17, 15) is 5.11 Å². The Hall–Kier alpha value is -0.240. The number of aliphatic hydroxyl groups is 1. The summed E-state index contributed by atoms with van der Waals surface area (Å²) in [5.41, 5.74) is 0.422. The molecule has 0 amide bonds. The molecule has 94 valence electrons. The SMILES string of the molecule is CCC1CCCC1(O)Cc1ccc(Cl)cc1Cl. The molecule has 0 bridgehead atoms. The van der Waals surface area contributed by atoms with Gasteiger partial charge in [0.25, 0.3) is 0 Å². The van der Waals surface area contributed by atoms with E-state index in [1.807, 2.05) is 12.1 Å². The molecule has 2 atom stereocenters. The Morgan fingerprint density at radius 1 is 1.41 bits per heavy atom. The van der Waals surface area contributed by atoms with Crippen LogP contribution in [0.25, 0.3) is 0 Å². The van der Waals surface area contributed by atoms with Gasteiger partial charge in [0, 0.05) is 16.5 Å². The lowest BCUT2D eigenvalue weighted by atomic mass is 9.83. The van der Waals surface area contributed by atoms with Crippen molar-refractivity contribution in [3.8, 4) is 0 Å². The Kier molecular flexibility index (Phi) is 4.02. The highest BCUT2D eigenvalue weighted by molar-refractivity contribution is 6.35. The Labute approximate surface area is 113 Å². The van der Waals surface area contributed by atoms with E-state index in [0.29, 0.717) is 22.4 Å². The van der Waals surface area contributed by atoms with Gasteiger partial charge >= 0.3 is 0 Å². The molecular weight excluding hydrogens is 255 g/mol. The van der Waals surface area contributed by atoms with Crippen molar-refractivity contribution in [3.63, 3.8) is 0 Å². The monoisotopic (exact) mass is 272 g/mol. The number of benzene rings is 1. The minimum atomic E-state index is -0.577. The Morgan fingerprint density at radius 2 is 2.18 bits per heavy atom. The highest BCUT2D eigenvalue weighted by Gasteiger charge is 2.40. The van der Waals surface area contributed by atoms with Crippen LogP contribution >= 0.6 is 23.2 Å². The van der Waals surface area contributed by atoms with Crippen LogP contribution in [0, 0.1) is 5.92 Å². The fourth-order valence-corrected chi connectivity index (χ4v) is 3.41. The molecule has 0 aliphatic heterocycles. The van der Waals surface area contributed by atoms with E-state index in [0.717, 1.165) is 31.2 Å². The minimum Gasteiger partial charge on any atom is -0.389 e. The van der Waals surface area contributed by atoms with Gasteiger partial charge in [-0.05, 0) is 36.5 Å². The number of hydrogen-bond acceptors (Lipinski definition) is 1. The molecule has 1 N–H and O–H groups in total. The summed E-state index contributed by atoms with van der Waals surface area (Å²) in [6, 6.07) is 5.51. The molecule has 17 heavy (non-hydrogen) atoms. The van der Waals surface area contributed by atoms with E-state index in [-0.39, 0.29) is 0 Å². The third-order valence-corrected chi connectivity index (χ3v) is 4.51. The van der Waals surface area contributed by atoms with Crippen molar-refractivity contribution in [3.05, 3.63) is 33.8 Å². The van der Waals surface area contributed by atoms with Crippen LogP contribution in [-0.4, -0.2) is 10.7 Å². The minimum absolute atomic E-state index is 0.397. The quantitative estimate of drug-likeness (QED) is 0.861. The summed E-state index contributed by atoms with van der Waals surface area (Å²) >= 11 is 12.0. The van der Waals surface area contributed by atoms with Gasteiger partial charge in [-0.2, -0.15) is 0 Å². The molecular formula is C14H18Cl2O. The molecule has 0 radical (unpaired) electrons. The van der Waals surface area contributed by atoms with Crippen LogP contribution in [0.2, 0.25) is 10.0 Å². The fourth-order valence-electron chi connectivity index (χ4n) is 2.94. The molecule has 1 saturated carbocycles. The van der Waals surface area contributed by atoms with Gasteiger partial charge in [0.15, 0.2) is 0 Å². The molecule has 1 nitrogen and oxygen atoms in total. The first-order valence-electron chi connectivity index (χ1n) is 6.21. The zero-order chi connectivity index (χ0) is 12.5. The van der Waals surface area contributed by atoms with Crippen molar-refractivity contribution < 1.29 is 5.11 Å². The summed E-state index contributed by atoms with van der Waals surface area (Å²) < 4.78 is 0. The first kappa shape index (κ1) is 13.2. The first-order valence-corrected chi connectivity index (χ1v) is 6.97. The average molecular weight is 273 g/mol. The average Bonchev–Trinajstić information content (AvgIpc) is 2.64. The lowest BCUT2D eigenvalue weighted by molar-refractivity contribution is 0.00149. The fraction of sp³-hybridized carbons (Fsp3) is 0.571. The van der Waals surface area contributed by atoms with Gasteiger partial charge in [0.05, 0.1) is 5.60 Å². The molecule has 3 heteroatoms. The molecule has 1 aromatic rings. The zero-order valence-corrected chi connectivity index (χ0v) is 11.6. The van der Waals surface area contributed by atoms with Gasteiger partial charge in [-0.1, -0.05) is 49.0 Å². The second-order valence-electron chi connectivity index (χ2n) is 5.01. The Morgan fingerprint density at radius 3 is 2.82 bits per heavy atom. The highest BCUT2D eigenvalue weighted by atomic mass is 35.5. The molecule has 2 unspecified atom stereocenters. The maximum absolute atomic E-state index is 10.7. The van der Waals surface area contributed by atoms with E-state index < -0.39 is 5.60 Å². The highest BCUT2D eigenvalue weighted by Crippen LogP contribution is 2.41. The second-order valence-corrected chi connectivity index (χ2v) is 5.86. The van der Waals surface area contributed by atoms with Crippen molar-refractivity contribution in [1.29, 1.82) is 0 Å². The van der Waals surface area contributed by atoms with Crippen LogP contribution in [-0.2, 0) is 6.42 Å². The number of hydrogen-bond donors (Lipinski definition) is 1. The zero-order valence-electron chi connectivity index (χ0n) is 10.0. The maximum Gasteiger partial charge on any atom is 0.0716 e. The predicted octanol–water partition coefficient (Wildman–Crippen LogP) is 4.48. The molecule has 1 aromatic carbocycles. The topological polar surface area (TPSA) is 20.2 Å². The Bertz CT molecular complexity index is 405. The normalized spacial score (nSPS) is 28.6. The van der Waals surface area contributed by atoms with Gasteiger partial charge in [0.1, 0.15) is 0 Å². The summed E-state index contributed by atoms with van der Waals surface area (Å²) in [6.07, 6.45) is 4.78. The van der Waals surface area contributed by atoms with Crippen molar-refractivity contribution in [1.82, 2.24) is 0 Å². The number of halogens is 2. The third-order valence-electron chi connectivity index (χ3n) is 3.93. The summed E-state index contributed by atoms with van der Waals surface area (Å²) in [5, 5.41) is 12.0. The number of rotatable bonds is 3. The largest absolute Gasteiger partial charge is 0.389 e. The van der Waals surface area contributed by atoms with E-state index in [2.05, 4.69) is 6.92 Å². The molecule has 0 aromatic heterocycles. The molecule has 0 heterocycles. The van der Waals surface area contributed by atoms with Crippen molar-refractivity contribution in [2.75, 3.05) is 0 Å². The summed E-state index contributed by atoms with van der Waals surface area (Å²) in [5.74, 6) is 0.397. The van der Waals surface area contributed by atoms with E-state index in [4.69, 9.17) is 23.2 Å². The van der Waals surface area contributed by atoms with Crippen molar-refractivity contribution >= 4 is 23.2 Å². The Balaban J connectivity index is 2.19. The lowest BCUT2D eigenvalue weighted by Gasteiger charge is -2.30. The van der Waals surface area contributed by atoms with Crippen molar-refractivity contribution in [2.45, 2.75) is 44.6 Å². The van der Waals surface area contributed by atoms with Gasteiger partial charge in [-0.25, -0.2) is 0 Å². The molecule has 1 fully saturated rings. The van der Waals surface area contributed by atoms with Gasteiger partial charge in [-0.3, -0.25) is 0 Å². The van der Waals surface area contributed by atoms with Crippen LogP contribution in [0.1, 0.15) is 38.2 Å². The smallest absolute Gasteiger partial charge is 0.0716 e. The van der Waals surface area contributed by atoms with E-state index >= 15 is 0 Å². The summed E-state index contributed by atoms with van der Waals surface area (Å²) in [7, 11) is 0. The standard InChI is InChI=1S/C14H18Cl2O/c1-2-11-4-3-7-14(11,17)9-10-5-6-12(15)8-13(10)16/h5-6,8,11,17H,2-4,7,9H2,1H3. The van der Waals surface area contributed by atoms with Crippen LogP contribution in [0.15, 0.2) is 18.2 Å². The van der Waals surface area contributed by atoms with Crippen LogP contribution in [0.4, 0.5) is 0 Å². The van der Waals surface area contributed by atoms with E-state index in [1.165, 1.54) is 0 Å². The summed E-state index contributed by atoms with van der Waals surface area (Å²) in [4.78, 5) is 0. The predicted molar refractivity (Wildman–Crippen MR) is 72.7 cm³/mol. The third kappa shape index (κ3) is 2.78. The molecule has 0 spiro atoms. The molecule has 1 aliphatic carbocycles. The molecule has 1 aliphatic rings.